The molecular formula is C15H19N3O3. The molecule has 1 aromatic rings. The summed E-state index contributed by atoms with van der Waals surface area (Å²) in [6, 6.07) is 5.78. The molecule has 3 amide bonds. The lowest BCUT2D eigenvalue weighted by Gasteiger charge is -2.33. The zero-order valence-electron chi connectivity index (χ0n) is 12.0. The van der Waals surface area contributed by atoms with E-state index in [0.29, 0.717) is 24.2 Å². The van der Waals surface area contributed by atoms with E-state index in [9.17, 15) is 14.4 Å². The van der Waals surface area contributed by atoms with Crippen LogP contribution in [0.3, 0.4) is 0 Å². The van der Waals surface area contributed by atoms with Gasteiger partial charge in [-0.05, 0) is 38.3 Å². The molecule has 0 radical (unpaired) electrons. The number of carbonyl (C=O) groups excluding carboxylic acids is 3. The lowest BCUT2D eigenvalue weighted by Crippen LogP contribution is -2.51. The number of nitrogens with zero attached hydrogens (tertiary/aromatic N) is 1. The van der Waals surface area contributed by atoms with Crippen LogP contribution in [0.1, 0.15) is 36.5 Å². The number of carbonyl (C=O) groups is 3. The van der Waals surface area contributed by atoms with E-state index in [1.54, 1.807) is 24.3 Å². The molecule has 6 nitrogen and oxygen atoms in total. The Bertz CT molecular complexity index is 571. The summed E-state index contributed by atoms with van der Waals surface area (Å²) in [6.45, 7) is 1.97. The van der Waals surface area contributed by atoms with Crippen molar-refractivity contribution in [3.63, 3.8) is 0 Å². The molecule has 1 fully saturated rings. The number of benzene rings is 1. The van der Waals surface area contributed by atoms with E-state index in [0.717, 1.165) is 12.8 Å². The van der Waals surface area contributed by atoms with Gasteiger partial charge in [0.25, 0.3) is 0 Å². The fourth-order valence-corrected chi connectivity index (χ4v) is 2.48. The highest BCUT2D eigenvalue weighted by atomic mass is 16.2. The van der Waals surface area contributed by atoms with Gasteiger partial charge in [-0.1, -0.05) is 12.1 Å². The summed E-state index contributed by atoms with van der Waals surface area (Å²) in [5, 5.41) is 2.72. The summed E-state index contributed by atoms with van der Waals surface area (Å²) >= 11 is 0. The first-order chi connectivity index (χ1) is 9.99. The molecule has 0 aliphatic carbocycles. The molecule has 1 atom stereocenters. The Morgan fingerprint density at radius 3 is 2.71 bits per heavy atom. The lowest BCUT2D eigenvalue weighted by atomic mass is 10.0. The number of nitrogens with one attached hydrogen (secondary N) is 1. The van der Waals surface area contributed by atoms with Gasteiger partial charge >= 0.3 is 6.03 Å². The Kier molecular flexibility index (Phi) is 4.57. The minimum Gasteiger partial charge on any atom is -0.368 e. The van der Waals surface area contributed by atoms with E-state index in [2.05, 4.69) is 5.32 Å². The number of Topliss-reactive ketones (excluding diaryl/α,β-unsaturated/α-hetero) is 1. The summed E-state index contributed by atoms with van der Waals surface area (Å²) in [5.74, 6) is -0.554. The average Bonchev–Trinajstić information content (AvgIpc) is 2.47. The first kappa shape index (κ1) is 15.0. The van der Waals surface area contributed by atoms with Crippen molar-refractivity contribution in [1.29, 1.82) is 0 Å². The average molecular weight is 289 g/mol. The van der Waals surface area contributed by atoms with Gasteiger partial charge < -0.3 is 16.0 Å². The zero-order valence-corrected chi connectivity index (χ0v) is 12.0. The summed E-state index contributed by atoms with van der Waals surface area (Å²) in [6.07, 6.45) is 2.33. The van der Waals surface area contributed by atoms with Crippen LogP contribution in [0.4, 0.5) is 10.5 Å². The van der Waals surface area contributed by atoms with Crippen LogP contribution in [0.25, 0.3) is 0 Å². The van der Waals surface area contributed by atoms with E-state index >= 15 is 0 Å². The molecule has 0 bridgehead atoms. The molecule has 1 aliphatic heterocycles. The minimum absolute atomic E-state index is 0.0703. The van der Waals surface area contributed by atoms with Crippen LogP contribution in [0, 0.1) is 0 Å². The van der Waals surface area contributed by atoms with E-state index in [1.165, 1.54) is 11.8 Å². The number of hydrogen-bond acceptors (Lipinski definition) is 3. The number of primary amides is 1. The third-order valence-electron chi connectivity index (χ3n) is 3.61. The van der Waals surface area contributed by atoms with Crippen molar-refractivity contribution in [3.8, 4) is 0 Å². The van der Waals surface area contributed by atoms with Crippen molar-refractivity contribution in [2.45, 2.75) is 32.2 Å². The van der Waals surface area contributed by atoms with Crippen LogP contribution in [-0.2, 0) is 4.79 Å². The predicted octanol–water partition coefficient (Wildman–Crippen LogP) is 1.76. The topological polar surface area (TPSA) is 92.5 Å². The minimum atomic E-state index is -0.560. The van der Waals surface area contributed by atoms with Crippen LogP contribution in [-0.4, -0.2) is 35.2 Å². The van der Waals surface area contributed by atoms with Crippen molar-refractivity contribution in [1.82, 2.24) is 4.90 Å². The smallest absolute Gasteiger partial charge is 0.322 e. The van der Waals surface area contributed by atoms with Crippen LogP contribution in [0.2, 0.25) is 0 Å². The van der Waals surface area contributed by atoms with Gasteiger partial charge in [0.2, 0.25) is 5.91 Å². The lowest BCUT2D eigenvalue weighted by molar-refractivity contribution is -0.123. The molecule has 1 heterocycles. The molecule has 0 saturated carbocycles. The number of anilines is 1. The second-order valence-electron chi connectivity index (χ2n) is 5.17. The second kappa shape index (κ2) is 6.39. The molecule has 1 aliphatic rings. The van der Waals surface area contributed by atoms with Gasteiger partial charge in [0.15, 0.2) is 5.78 Å². The maximum absolute atomic E-state index is 12.3. The summed E-state index contributed by atoms with van der Waals surface area (Å²) in [5.41, 5.74) is 6.40. The Morgan fingerprint density at radius 2 is 2.05 bits per heavy atom. The van der Waals surface area contributed by atoms with Crippen molar-refractivity contribution in [3.05, 3.63) is 29.8 Å². The Labute approximate surface area is 123 Å². The number of ketones is 1. The number of likely N-dealkylation sites (tertiary alicyclic amines) is 1. The van der Waals surface area contributed by atoms with Crippen LogP contribution in [0.15, 0.2) is 24.3 Å². The highest BCUT2D eigenvalue weighted by Gasteiger charge is 2.30. The normalized spacial score (nSPS) is 18.1. The summed E-state index contributed by atoms with van der Waals surface area (Å²) in [7, 11) is 0. The molecule has 3 N–H and O–H groups in total. The van der Waals surface area contributed by atoms with Crippen LogP contribution >= 0.6 is 0 Å². The van der Waals surface area contributed by atoms with Crippen molar-refractivity contribution in [2.24, 2.45) is 5.73 Å². The fraction of sp³-hybridized carbons (Fsp3) is 0.400. The maximum Gasteiger partial charge on any atom is 0.322 e. The number of piperidine rings is 1. The van der Waals surface area contributed by atoms with Gasteiger partial charge in [-0.2, -0.15) is 0 Å². The zero-order chi connectivity index (χ0) is 15.4. The quantitative estimate of drug-likeness (QED) is 0.830. The number of amides is 3. The summed E-state index contributed by atoms with van der Waals surface area (Å²) in [4.78, 5) is 36.5. The van der Waals surface area contributed by atoms with Gasteiger partial charge in [0.1, 0.15) is 6.04 Å². The van der Waals surface area contributed by atoms with Gasteiger partial charge in [-0.15, -0.1) is 0 Å². The number of urea groups is 1. The largest absolute Gasteiger partial charge is 0.368 e. The Morgan fingerprint density at radius 1 is 1.29 bits per heavy atom. The number of rotatable bonds is 3. The highest BCUT2D eigenvalue weighted by molar-refractivity contribution is 5.97. The van der Waals surface area contributed by atoms with E-state index in [4.69, 9.17) is 5.73 Å². The van der Waals surface area contributed by atoms with Gasteiger partial charge in [-0.3, -0.25) is 9.59 Å². The SMILES string of the molecule is CC(=O)c1cccc(NC(=O)N2CCCCC2C(N)=O)c1. The second-order valence-corrected chi connectivity index (χ2v) is 5.17. The standard InChI is InChI=1S/C15H19N3O3/c1-10(19)11-5-4-6-12(9-11)17-15(21)18-8-3-2-7-13(18)14(16)20/h4-6,9,13H,2-3,7-8H2,1H3,(H2,16,20)(H,17,21). The Hall–Kier alpha value is -2.37. The van der Waals surface area contributed by atoms with Gasteiger partial charge in [0, 0.05) is 17.8 Å². The molecule has 0 aromatic heterocycles. The van der Waals surface area contributed by atoms with E-state index in [-0.39, 0.29) is 11.8 Å². The van der Waals surface area contributed by atoms with Gasteiger partial charge in [0.05, 0.1) is 0 Å². The van der Waals surface area contributed by atoms with Crippen molar-refractivity contribution in [2.75, 3.05) is 11.9 Å². The molecule has 1 saturated heterocycles. The van der Waals surface area contributed by atoms with Crippen LogP contribution in [0.5, 0.6) is 0 Å². The molecule has 112 valence electrons. The first-order valence-electron chi connectivity index (χ1n) is 6.97. The maximum atomic E-state index is 12.3. The fourth-order valence-electron chi connectivity index (χ4n) is 2.48. The van der Waals surface area contributed by atoms with Crippen molar-refractivity contribution >= 4 is 23.4 Å². The third-order valence-corrected chi connectivity index (χ3v) is 3.61. The molecule has 0 spiro atoms. The number of hydrogen-bond donors (Lipinski definition) is 2. The summed E-state index contributed by atoms with van der Waals surface area (Å²) < 4.78 is 0. The van der Waals surface area contributed by atoms with Crippen molar-refractivity contribution < 1.29 is 14.4 Å². The predicted molar refractivity (Wildman–Crippen MR) is 79.0 cm³/mol. The molecule has 21 heavy (non-hydrogen) atoms. The van der Waals surface area contributed by atoms with E-state index < -0.39 is 11.9 Å². The third kappa shape index (κ3) is 3.59. The molecule has 2 rings (SSSR count). The van der Waals surface area contributed by atoms with Gasteiger partial charge in [-0.25, -0.2) is 4.79 Å². The van der Waals surface area contributed by atoms with E-state index in [1.807, 2.05) is 0 Å². The van der Waals surface area contributed by atoms with Crippen LogP contribution < -0.4 is 11.1 Å². The highest BCUT2D eigenvalue weighted by Crippen LogP contribution is 2.19. The Balaban J connectivity index is 2.11. The molecule has 6 heteroatoms. The monoisotopic (exact) mass is 289 g/mol. The molecule has 1 aromatic carbocycles. The first-order valence-corrected chi connectivity index (χ1v) is 6.97. The number of nitrogens with two attached hydrogens (primary N) is 1. The molecular weight excluding hydrogens is 270 g/mol. The molecule has 1 unspecified atom stereocenters.